The molecule has 3 unspecified atom stereocenters. The molecule has 1 aromatic rings. The van der Waals surface area contributed by atoms with Crippen molar-refractivity contribution in [2.75, 3.05) is 25.0 Å². The zero-order valence-electron chi connectivity index (χ0n) is 19.9. The highest BCUT2D eigenvalue weighted by Crippen LogP contribution is 2.29. The van der Waals surface area contributed by atoms with Gasteiger partial charge in [-0.2, -0.15) is 13.2 Å². The number of anilines is 1. The van der Waals surface area contributed by atoms with E-state index in [1.807, 2.05) is 0 Å². The number of aliphatic imine (C=N–C) groups is 3. The van der Waals surface area contributed by atoms with E-state index in [1.165, 1.54) is 18.6 Å². The molecule has 35 heavy (non-hydrogen) atoms. The average Bonchev–Trinajstić information content (AvgIpc) is 2.81. The molecule has 1 fully saturated rings. The maximum atomic E-state index is 12.9. The second-order valence-electron chi connectivity index (χ2n) is 8.30. The number of allylic oxidation sites excluding steroid dienone is 1. The number of halogens is 3. The highest BCUT2D eigenvalue weighted by atomic mass is 19.4. The third kappa shape index (κ3) is 6.53. The van der Waals surface area contributed by atoms with Gasteiger partial charge in [-0.05, 0) is 26.6 Å². The quantitative estimate of drug-likeness (QED) is 0.571. The largest absolute Gasteiger partial charge is 0.404 e. The van der Waals surface area contributed by atoms with Crippen LogP contribution < -0.4 is 16.0 Å². The summed E-state index contributed by atoms with van der Waals surface area (Å²) in [5.41, 5.74) is 7.02. The first-order chi connectivity index (χ1) is 16.7. The van der Waals surface area contributed by atoms with Crippen LogP contribution in [0.15, 0.2) is 57.1 Å². The lowest BCUT2D eigenvalue weighted by Crippen LogP contribution is -2.61. The van der Waals surface area contributed by atoms with Crippen molar-refractivity contribution in [1.29, 1.82) is 0 Å². The molecule has 0 saturated carbocycles. The molecule has 3 heterocycles. The average molecular weight is 490 g/mol. The number of alkyl halides is 3. The molecule has 1 aromatic heterocycles. The Morgan fingerprint density at radius 3 is 2.80 bits per heavy atom. The van der Waals surface area contributed by atoms with Crippen LogP contribution >= 0.6 is 0 Å². The van der Waals surface area contributed by atoms with Crippen LogP contribution in [-0.4, -0.2) is 78.5 Å². The van der Waals surface area contributed by atoms with Crippen molar-refractivity contribution < 1.29 is 13.2 Å². The van der Waals surface area contributed by atoms with Gasteiger partial charge in [0.2, 0.25) is 0 Å². The van der Waals surface area contributed by atoms with E-state index in [4.69, 9.17) is 10.7 Å². The van der Waals surface area contributed by atoms with Gasteiger partial charge >= 0.3 is 6.18 Å². The fourth-order valence-corrected chi connectivity index (χ4v) is 4.15. The van der Waals surface area contributed by atoms with Gasteiger partial charge in [-0.15, -0.1) is 0 Å². The number of nitrogens with zero attached hydrogens (tertiary/aromatic N) is 7. The molecule has 0 spiro atoms. The zero-order valence-corrected chi connectivity index (χ0v) is 19.9. The van der Waals surface area contributed by atoms with Crippen LogP contribution in [0, 0.1) is 0 Å². The minimum absolute atomic E-state index is 0.0212. The van der Waals surface area contributed by atoms with E-state index in [9.17, 15) is 13.2 Å². The first-order valence-corrected chi connectivity index (χ1v) is 11.1. The van der Waals surface area contributed by atoms with Crippen LogP contribution in [0.25, 0.3) is 5.70 Å². The minimum atomic E-state index is -4.37. The molecule has 2 aliphatic rings. The van der Waals surface area contributed by atoms with Crippen LogP contribution in [-0.2, 0) is 0 Å². The summed E-state index contributed by atoms with van der Waals surface area (Å²) in [4.78, 5) is 24.7. The second-order valence-corrected chi connectivity index (χ2v) is 8.30. The van der Waals surface area contributed by atoms with E-state index in [0.717, 1.165) is 5.57 Å². The van der Waals surface area contributed by atoms with Gasteiger partial charge in [0.25, 0.3) is 0 Å². The lowest BCUT2D eigenvalue weighted by molar-refractivity contribution is -0.127. The van der Waals surface area contributed by atoms with E-state index < -0.39 is 12.6 Å². The number of hydrogen-bond donors (Lipinski definition) is 2. The molecule has 188 valence electrons. The summed E-state index contributed by atoms with van der Waals surface area (Å²) in [6.07, 6.45) is 3.59. The monoisotopic (exact) mass is 489 g/mol. The Hall–Kier alpha value is -3.54. The standard InChI is InChI=1S/C23H30F3N9/c1-15-13-35(16(2)21(32-15)17(10-27)11-28-3)20-5-6-31-22(33-20)19(12-29-4)34-8-7-30-18(14-34)9-23(24,25)26/h5-7,10-12,14-16,21,32H,4,8-9,13,27H2,1-3H3/b17-10?,19-12-,28-11?. The van der Waals surface area contributed by atoms with Crippen LogP contribution in [0.4, 0.5) is 19.0 Å². The lowest BCUT2D eigenvalue weighted by atomic mass is 9.95. The summed E-state index contributed by atoms with van der Waals surface area (Å²) in [6, 6.07) is 1.83. The van der Waals surface area contributed by atoms with Crippen LogP contribution in [0.5, 0.6) is 0 Å². The zero-order chi connectivity index (χ0) is 25.6. The third-order valence-corrected chi connectivity index (χ3v) is 5.65. The van der Waals surface area contributed by atoms with Gasteiger partial charge in [-0.1, -0.05) is 0 Å². The van der Waals surface area contributed by atoms with Crippen LogP contribution in [0.2, 0.25) is 0 Å². The highest BCUT2D eigenvalue weighted by molar-refractivity contribution is 5.80. The Kier molecular flexibility index (Phi) is 8.39. The Morgan fingerprint density at radius 1 is 1.37 bits per heavy atom. The summed E-state index contributed by atoms with van der Waals surface area (Å²) in [5, 5.41) is 3.55. The fraction of sp³-hybridized carbons (Fsp3) is 0.435. The first kappa shape index (κ1) is 26.1. The molecule has 1 saturated heterocycles. The fourth-order valence-electron chi connectivity index (χ4n) is 4.15. The Balaban J connectivity index is 1.93. The normalized spacial score (nSPS) is 24.2. The van der Waals surface area contributed by atoms with Crippen molar-refractivity contribution in [3.63, 3.8) is 0 Å². The van der Waals surface area contributed by atoms with Crippen molar-refractivity contribution >= 4 is 30.7 Å². The van der Waals surface area contributed by atoms with E-state index in [-0.39, 0.29) is 30.4 Å². The van der Waals surface area contributed by atoms with Gasteiger partial charge in [-0.3, -0.25) is 15.0 Å². The predicted octanol–water partition coefficient (Wildman–Crippen LogP) is 2.75. The molecule has 9 nitrogen and oxygen atoms in total. The molecule has 0 aliphatic carbocycles. The summed E-state index contributed by atoms with van der Waals surface area (Å²) >= 11 is 0. The van der Waals surface area contributed by atoms with Gasteiger partial charge in [0, 0.05) is 62.3 Å². The molecule has 3 N–H and O–H groups in total. The molecule has 0 bridgehead atoms. The van der Waals surface area contributed by atoms with Gasteiger partial charge in [0.1, 0.15) is 11.5 Å². The number of hydrogen-bond acceptors (Lipinski definition) is 9. The summed E-state index contributed by atoms with van der Waals surface area (Å²) in [7, 11) is 1.69. The Morgan fingerprint density at radius 2 is 2.14 bits per heavy atom. The SMILES string of the molecule is C=N/C=C(/c1nccc(N2CC(C)NC(C(C=NC)=CN)C2C)n1)N1C=C(CC(F)(F)F)N=CC1. The van der Waals surface area contributed by atoms with E-state index in [2.05, 4.69) is 50.7 Å². The van der Waals surface area contributed by atoms with Crippen molar-refractivity contribution in [3.05, 3.63) is 48.0 Å². The molecular weight excluding hydrogens is 459 g/mol. The molecular formula is C23H30F3N9. The number of nitrogens with one attached hydrogen (secondary N) is 1. The Labute approximate surface area is 202 Å². The molecule has 0 amide bonds. The van der Waals surface area contributed by atoms with Crippen LogP contribution in [0.1, 0.15) is 26.1 Å². The first-order valence-electron chi connectivity index (χ1n) is 11.1. The number of nitrogens with two attached hydrogens (primary N) is 1. The molecule has 3 atom stereocenters. The van der Waals surface area contributed by atoms with Crippen molar-refractivity contribution in [3.8, 4) is 0 Å². The van der Waals surface area contributed by atoms with Gasteiger partial charge in [0.15, 0.2) is 5.82 Å². The summed E-state index contributed by atoms with van der Waals surface area (Å²) in [5.74, 6) is 0.984. The molecule has 3 rings (SSSR count). The topological polar surface area (TPSA) is 107 Å². The highest BCUT2D eigenvalue weighted by Gasteiger charge is 2.34. The number of rotatable bonds is 7. The van der Waals surface area contributed by atoms with E-state index >= 15 is 0 Å². The second kappa shape index (κ2) is 11.3. The number of piperazine rings is 1. The summed E-state index contributed by atoms with van der Waals surface area (Å²) in [6.45, 7) is 8.56. The third-order valence-electron chi connectivity index (χ3n) is 5.65. The van der Waals surface area contributed by atoms with Crippen molar-refractivity contribution in [2.45, 2.75) is 44.6 Å². The maximum absolute atomic E-state index is 12.9. The van der Waals surface area contributed by atoms with Crippen LogP contribution in [0.3, 0.4) is 0 Å². The maximum Gasteiger partial charge on any atom is 0.394 e. The van der Waals surface area contributed by atoms with Gasteiger partial charge in [-0.25, -0.2) is 9.97 Å². The molecule has 12 heteroatoms. The van der Waals surface area contributed by atoms with E-state index in [1.54, 1.807) is 36.6 Å². The molecule has 0 radical (unpaired) electrons. The smallest absolute Gasteiger partial charge is 0.394 e. The van der Waals surface area contributed by atoms with E-state index in [0.29, 0.717) is 23.9 Å². The molecule has 2 aliphatic heterocycles. The van der Waals surface area contributed by atoms with Crippen molar-refractivity contribution in [2.24, 2.45) is 20.7 Å². The predicted molar refractivity (Wildman–Crippen MR) is 133 cm³/mol. The minimum Gasteiger partial charge on any atom is -0.404 e. The lowest BCUT2D eigenvalue weighted by Gasteiger charge is -2.44. The Bertz CT molecular complexity index is 1060. The van der Waals surface area contributed by atoms with Gasteiger partial charge < -0.3 is 20.9 Å². The summed E-state index contributed by atoms with van der Waals surface area (Å²) < 4.78 is 38.7. The number of aromatic nitrogens is 2. The van der Waals surface area contributed by atoms with Crippen molar-refractivity contribution in [1.82, 2.24) is 20.2 Å². The van der Waals surface area contributed by atoms with Gasteiger partial charge in [0.05, 0.1) is 30.9 Å². The molecule has 0 aromatic carbocycles.